The van der Waals surface area contributed by atoms with Gasteiger partial charge >= 0.3 is 0 Å². The van der Waals surface area contributed by atoms with Crippen molar-refractivity contribution < 1.29 is 0 Å². The van der Waals surface area contributed by atoms with E-state index in [2.05, 4.69) is 15.2 Å². The van der Waals surface area contributed by atoms with Crippen LogP contribution in [0.1, 0.15) is 16.8 Å². The predicted molar refractivity (Wildman–Crippen MR) is 70.7 cm³/mol. The van der Waals surface area contributed by atoms with Crippen molar-refractivity contribution in [3.8, 4) is 0 Å². The van der Waals surface area contributed by atoms with E-state index in [0.717, 1.165) is 16.8 Å². The fourth-order valence-electron chi connectivity index (χ4n) is 2.16. The second-order valence-electron chi connectivity index (χ2n) is 4.38. The van der Waals surface area contributed by atoms with E-state index in [0.29, 0.717) is 17.5 Å². The van der Waals surface area contributed by atoms with E-state index in [1.807, 2.05) is 37.3 Å². The van der Waals surface area contributed by atoms with Crippen LogP contribution in [-0.2, 0) is 6.42 Å². The minimum atomic E-state index is 0.0545. The molecule has 0 aliphatic rings. The van der Waals surface area contributed by atoms with Gasteiger partial charge < -0.3 is 4.98 Å². The number of H-pyrrole nitrogens is 2. The molecule has 0 amide bonds. The van der Waals surface area contributed by atoms with Crippen LogP contribution in [-0.4, -0.2) is 15.2 Å². The maximum atomic E-state index is 12.3. The highest BCUT2D eigenvalue weighted by molar-refractivity contribution is 5.74. The van der Waals surface area contributed by atoms with Gasteiger partial charge in [0.1, 0.15) is 5.65 Å². The molecule has 90 valence electrons. The van der Waals surface area contributed by atoms with E-state index in [9.17, 15) is 4.79 Å². The molecule has 0 aliphatic carbocycles. The van der Waals surface area contributed by atoms with Crippen molar-refractivity contribution in [2.24, 2.45) is 0 Å². The number of nitrogens with one attached hydrogen (secondary N) is 2. The largest absolute Gasteiger partial charge is 0.343 e. The quantitative estimate of drug-likeness (QED) is 0.719. The Kier molecular flexibility index (Phi) is 2.48. The third-order valence-electron chi connectivity index (χ3n) is 3.15. The zero-order chi connectivity index (χ0) is 12.5. The summed E-state index contributed by atoms with van der Waals surface area (Å²) in [6.45, 7) is 1.92. The highest BCUT2D eigenvalue weighted by Gasteiger charge is 2.10. The lowest BCUT2D eigenvalue weighted by Gasteiger charge is -2.05. The fraction of sp³-hybridized carbons (Fsp3) is 0.143. The zero-order valence-corrected chi connectivity index (χ0v) is 10.0. The summed E-state index contributed by atoms with van der Waals surface area (Å²) in [5.41, 5.74) is 3.57. The first-order valence-corrected chi connectivity index (χ1v) is 5.84. The molecular formula is C14H13N3O. The van der Waals surface area contributed by atoms with Gasteiger partial charge in [0.25, 0.3) is 0 Å². The Hall–Kier alpha value is -2.36. The highest BCUT2D eigenvalue weighted by atomic mass is 16.1. The molecule has 2 N–H and O–H groups in total. The molecule has 18 heavy (non-hydrogen) atoms. The molecule has 0 radical (unpaired) electrons. The van der Waals surface area contributed by atoms with Crippen molar-refractivity contribution in [2.45, 2.75) is 13.3 Å². The first-order chi connectivity index (χ1) is 8.75. The third kappa shape index (κ3) is 1.72. The lowest BCUT2D eigenvalue weighted by Crippen LogP contribution is -2.13. The maximum Gasteiger partial charge on any atom is 0.196 e. The Labute approximate surface area is 104 Å². The molecule has 0 spiro atoms. The van der Waals surface area contributed by atoms with Gasteiger partial charge in [-0.05, 0) is 12.5 Å². The van der Waals surface area contributed by atoms with Gasteiger partial charge in [0.2, 0.25) is 0 Å². The van der Waals surface area contributed by atoms with Gasteiger partial charge in [0, 0.05) is 17.7 Å². The van der Waals surface area contributed by atoms with Gasteiger partial charge in [-0.3, -0.25) is 9.89 Å². The van der Waals surface area contributed by atoms with E-state index in [1.54, 1.807) is 6.20 Å². The first-order valence-electron chi connectivity index (χ1n) is 5.84. The smallest absolute Gasteiger partial charge is 0.196 e. The molecule has 0 atom stereocenters. The van der Waals surface area contributed by atoms with Gasteiger partial charge in [0.05, 0.1) is 11.6 Å². The van der Waals surface area contributed by atoms with E-state index < -0.39 is 0 Å². The molecule has 1 aromatic carbocycles. The van der Waals surface area contributed by atoms with Crippen molar-refractivity contribution in [1.82, 2.24) is 15.2 Å². The minimum absolute atomic E-state index is 0.0545. The molecule has 0 unspecified atom stereocenters. The second kappa shape index (κ2) is 4.14. The van der Waals surface area contributed by atoms with Crippen molar-refractivity contribution >= 4 is 11.0 Å². The number of pyridine rings is 1. The molecular weight excluding hydrogens is 226 g/mol. The summed E-state index contributed by atoms with van der Waals surface area (Å²) < 4.78 is 0. The van der Waals surface area contributed by atoms with E-state index in [-0.39, 0.29) is 5.43 Å². The topological polar surface area (TPSA) is 61.5 Å². The average molecular weight is 239 g/mol. The van der Waals surface area contributed by atoms with Crippen LogP contribution in [0.2, 0.25) is 0 Å². The standard InChI is InChI=1S/C14H13N3O/c1-9-11(7-10-5-3-2-4-6-10)13(18)12-8-15-17-14(12)16-9/h2-6,8H,7H2,1H3,(H2,15,16,17,18). The number of aromatic amines is 2. The molecule has 2 heterocycles. The fourth-order valence-corrected chi connectivity index (χ4v) is 2.16. The summed E-state index contributed by atoms with van der Waals surface area (Å²) in [6, 6.07) is 9.99. The monoisotopic (exact) mass is 239 g/mol. The summed E-state index contributed by atoms with van der Waals surface area (Å²) in [5.74, 6) is 0. The molecule has 3 rings (SSSR count). The zero-order valence-electron chi connectivity index (χ0n) is 10.0. The van der Waals surface area contributed by atoms with Crippen molar-refractivity contribution in [3.05, 3.63) is 63.6 Å². The Balaban J connectivity index is 2.14. The number of aryl methyl sites for hydroxylation is 1. The van der Waals surface area contributed by atoms with Gasteiger partial charge in [0.15, 0.2) is 5.43 Å². The molecule has 0 bridgehead atoms. The van der Waals surface area contributed by atoms with Crippen LogP contribution < -0.4 is 5.43 Å². The summed E-state index contributed by atoms with van der Waals surface area (Å²) in [7, 11) is 0. The molecule has 2 aromatic heterocycles. The summed E-state index contributed by atoms with van der Waals surface area (Å²) >= 11 is 0. The van der Waals surface area contributed by atoms with Crippen molar-refractivity contribution in [2.75, 3.05) is 0 Å². The summed E-state index contributed by atoms with van der Waals surface area (Å²) in [6.07, 6.45) is 2.21. The lowest BCUT2D eigenvalue weighted by molar-refractivity contribution is 1.05. The number of rotatable bonds is 2. The van der Waals surface area contributed by atoms with Crippen molar-refractivity contribution in [3.63, 3.8) is 0 Å². The average Bonchev–Trinajstić information content (AvgIpc) is 2.84. The Bertz CT molecular complexity index is 741. The Morgan fingerprint density at radius 2 is 2.00 bits per heavy atom. The molecule has 0 aliphatic heterocycles. The van der Waals surface area contributed by atoms with E-state index in [1.165, 1.54) is 0 Å². The number of fused-ring (bicyclic) bond motifs is 1. The van der Waals surface area contributed by atoms with Crippen LogP contribution in [0.5, 0.6) is 0 Å². The number of nitrogens with zero attached hydrogens (tertiary/aromatic N) is 1. The van der Waals surface area contributed by atoms with E-state index in [4.69, 9.17) is 0 Å². The van der Waals surface area contributed by atoms with Crippen LogP contribution in [0.15, 0.2) is 41.3 Å². The summed E-state index contributed by atoms with van der Waals surface area (Å²) in [4.78, 5) is 15.5. The molecule has 3 aromatic rings. The first kappa shape index (κ1) is 10.8. The third-order valence-corrected chi connectivity index (χ3v) is 3.15. The van der Waals surface area contributed by atoms with Gasteiger partial charge in [-0.15, -0.1) is 0 Å². The van der Waals surface area contributed by atoms with Gasteiger partial charge in [-0.25, -0.2) is 0 Å². The SMILES string of the molecule is Cc1[nH]c2[nH]ncc2c(=O)c1Cc1ccccc1. The Morgan fingerprint density at radius 3 is 2.78 bits per heavy atom. The molecule has 0 fully saturated rings. The number of aromatic nitrogens is 3. The predicted octanol–water partition coefficient (Wildman–Crippen LogP) is 2.15. The number of hydrogen-bond donors (Lipinski definition) is 2. The van der Waals surface area contributed by atoms with Gasteiger partial charge in [-0.2, -0.15) is 5.10 Å². The van der Waals surface area contributed by atoms with Crippen LogP contribution in [0.25, 0.3) is 11.0 Å². The molecule has 4 nitrogen and oxygen atoms in total. The van der Waals surface area contributed by atoms with Crippen LogP contribution >= 0.6 is 0 Å². The van der Waals surface area contributed by atoms with Crippen LogP contribution in [0.4, 0.5) is 0 Å². The molecule has 0 saturated carbocycles. The van der Waals surface area contributed by atoms with Crippen LogP contribution in [0.3, 0.4) is 0 Å². The number of benzene rings is 1. The second-order valence-corrected chi connectivity index (χ2v) is 4.38. The van der Waals surface area contributed by atoms with Crippen molar-refractivity contribution in [1.29, 1.82) is 0 Å². The highest BCUT2D eigenvalue weighted by Crippen LogP contribution is 2.12. The molecule has 0 saturated heterocycles. The van der Waals surface area contributed by atoms with Crippen LogP contribution in [0, 0.1) is 6.92 Å². The number of hydrogen-bond acceptors (Lipinski definition) is 2. The Morgan fingerprint density at radius 1 is 1.22 bits per heavy atom. The van der Waals surface area contributed by atoms with Gasteiger partial charge in [-0.1, -0.05) is 30.3 Å². The lowest BCUT2D eigenvalue weighted by atomic mass is 10.0. The minimum Gasteiger partial charge on any atom is -0.343 e. The normalized spacial score (nSPS) is 10.9. The maximum absolute atomic E-state index is 12.3. The molecule has 4 heteroatoms. The van der Waals surface area contributed by atoms with E-state index >= 15 is 0 Å². The summed E-state index contributed by atoms with van der Waals surface area (Å²) in [5, 5.41) is 7.30.